The summed E-state index contributed by atoms with van der Waals surface area (Å²) >= 11 is 0. The molecule has 2 N–H and O–H groups in total. The number of nitrogens with one attached hydrogen (secondary N) is 2. The fourth-order valence-electron chi connectivity index (χ4n) is 2.13. The second kappa shape index (κ2) is 6.31. The number of anilines is 1. The Labute approximate surface area is 132 Å². The molecule has 1 aromatic carbocycles. The maximum absolute atomic E-state index is 12.2. The highest BCUT2D eigenvalue weighted by Crippen LogP contribution is 2.16. The summed E-state index contributed by atoms with van der Waals surface area (Å²) in [4.78, 5) is 28.3. The molecule has 0 radical (unpaired) electrons. The Bertz CT molecular complexity index is 843. The van der Waals surface area contributed by atoms with Crippen molar-refractivity contribution in [1.82, 2.24) is 10.3 Å². The van der Waals surface area contributed by atoms with Crippen LogP contribution in [0.15, 0.2) is 59.3 Å². The molecule has 2 amide bonds. The summed E-state index contributed by atoms with van der Waals surface area (Å²) < 4.78 is 4.99. The molecule has 0 aliphatic carbocycles. The Kier molecular flexibility index (Phi) is 4.05. The molecule has 1 unspecified atom stereocenters. The molecule has 23 heavy (non-hydrogen) atoms. The van der Waals surface area contributed by atoms with Crippen molar-refractivity contribution in [1.29, 1.82) is 0 Å². The van der Waals surface area contributed by atoms with Crippen LogP contribution in [-0.4, -0.2) is 22.8 Å². The molecule has 6 nitrogen and oxygen atoms in total. The molecule has 0 aliphatic rings. The molecule has 0 saturated carbocycles. The first kappa shape index (κ1) is 14.8. The Morgan fingerprint density at radius 1 is 1.17 bits per heavy atom. The number of carbonyl (C=O) groups is 2. The van der Waals surface area contributed by atoms with Gasteiger partial charge >= 0.3 is 0 Å². The highest BCUT2D eigenvalue weighted by Gasteiger charge is 2.18. The SMILES string of the molecule is CC(NC(=O)c1ccco1)C(=O)Nc1cnc2ccccc2c1. The van der Waals surface area contributed by atoms with E-state index in [1.54, 1.807) is 19.2 Å². The minimum Gasteiger partial charge on any atom is -0.459 e. The van der Waals surface area contributed by atoms with Crippen molar-refractivity contribution in [2.45, 2.75) is 13.0 Å². The minimum atomic E-state index is -0.709. The fourth-order valence-corrected chi connectivity index (χ4v) is 2.13. The summed E-state index contributed by atoms with van der Waals surface area (Å²) in [6.07, 6.45) is 2.99. The van der Waals surface area contributed by atoms with Gasteiger partial charge in [-0.05, 0) is 31.2 Å². The number of fused-ring (bicyclic) bond motifs is 1. The van der Waals surface area contributed by atoms with Crippen molar-refractivity contribution in [2.75, 3.05) is 5.32 Å². The lowest BCUT2D eigenvalue weighted by molar-refractivity contribution is -0.117. The van der Waals surface area contributed by atoms with E-state index in [1.165, 1.54) is 12.3 Å². The van der Waals surface area contributed by atoms with E-state index in [9.17, 15) is 9.59 Å². The predicted molar refractivity (Wildman–Crippen MR) is 86.0 cm³/mol. The van der Waals surface area contributed by atoms with Crippen molar-refractivity contribution in [3.05, 3.63) is 60.7 Å². The molecule has 3 aromatic rings. The van der Waals surface area contributed by atoms with Gasteiger partial charge in [0, 0.05) is 5.39 Å². The van der Waals surface area contributed by atoms with Gasteiger partial charge in [-0.25, -0.2) is 0 Å². The van der Waals surface area contributed by atoms with Crippen LogP contribution in [0.5, 0.6) is 0 Å². The van der Waals surface area contributed by atoms with Gasteiger partial charge in [-0.2, -0.15) is 0 Å². The lowest BCUT2D eigenvalue weighted by Crippen LogP contribution is -2.41. The minimum absolute atomic E-state index is 0.164. The number of amides is 2. The first-order valence-corrected chi connectivity index (χ1v) is 7.13. The molecule has 116 valence electrons. The van der Waals surface area contributed by atoms with Gasteiger partial charge in [0.1, 0.15) is 6.04 Å². The average molecular weight is 309 g/mol. The zero-order valence-electron chi connectivity index (χ0n) is 12.4. The molecule has 1 atom stereocenters. The summed E-state index contributed by atoms with van der Waals surface area (Å²) in [7, 11) is 0. The molecule has 0 saturated heterocycles. The fraction of sp³-hybridized carbons (Fsp3) is 0.118. The second-order valence-electron chi connectivity index (χ2n) is 5.08. The van der Waals surface area contributed by atoms with E-state index in [0.29, 0.717) is 5.69 Å². The molecule has 0 bridgehead atoms. The summed E-state index contributed by atoms with van der Waals surface area (Å²) in [6, 6.07) is 11.9. The van der Waals surface area contributed by atoms with Gasteiger partial charge in [0.05, 0.1) is 23.7 Å². The van der Waals surface area contributed by atoms with Crippen LogP contribution >= 0.6 is 0 Å². The Hall–Kier alpha value is -3.15. The third-order valence-corrected chi connectivity index (χ3v) is 3.34. The standard InChI is InChI=1S/C17H15N3O3/c1-11(19-17(22)15-7-4-8-23-15)16(21)20-13-9-12-5-2-3-6-14(12)18-10-13/h2-11H,1H3,(H,19,22)(H,20,21). The Morgan fingerprint density at radius 2 is 2.00 bits per heavy atom. The van der Waals surface area contributed by atoms with Crippen LogP contribution in [0.25, 0.3) is 10.9 Å². The highest BCUT2D eigenvalue weighted by atomic mass is 16.3. The summed E-state index contributed by atoms with van der Waals surface area (Å²) in [5.41, 5.74) is 1.43. The number of nitrogens with zero attached hydrogens (tertiary/aromatic N) is 1. The van der Waals surface area contributed by atoms with Crippen molar-refractivity contribution >= 4 is 28.4 Å². The van der Waals surface area contributed by atoms with E-state index >= 15 is 0 Å². The molecular formula is C17H15N3O3. The number of hydrogen-bond donors (Lipinski definition) is 2. The van der Waals surface area contributed by atoms with Gasteiger partial charge in [0.25, 0.3) is 5.91 Å². The molecule has 3 rings (SSSR count). The number of furan rings is 1. The number of para-hydroxylation sites is 1. The number of pyridine rings is 1. The number of rotatable bonds is 4. The van der Waals surface area contributed by atoms with Gasteiger partial charge in [0.2, 0.25) is 5.91 Å². The van der Waals surface area contributed by atoms with Crippen LogP contribution in [0.3, 0.4) is 0 Å². The molecular weight excluding hydrogens is 294 g/mol. The van der Waals surface area contributed by atoms with Crippen molar-refractivity contribution in [2.24, 2.45) is 0 Å². The van der Waals surface area contributed by atoms with E-state index in [2.05, 4.69) is 15.6 Å². The maximum atomic E-state index is 12.2. The van der Waals surface area contributed by atoms with E-state index in [-0.39, 0.29) is 11.7 Å². The highest BCUT2D eigenvalue weighted by molar-refractivity contribution is 6.00. The average Bonchev–Trinajstić information content (AvgIpc) is 3.09. The third-order valence-electron chi connectivity index (χ3n) is 3.34. The molecule has 0 fully saturated rings. The Morgan fingerprint density at radius 3 is 2.78 bits per heavy atom. The van der Waals surface area contributed by atoms with E-state index in [0.717, 1.165) is 10.9 Å². The van der Waals surface area contributed by atoms with E-state index in [4.69, 9.17) is 4.42 Å². The number of carbonyl (C=O) groups excluding carboxylic acids is 2. The smallest absolute Gasteiger partial charge is 0.287 e. The van der Waals surface area contributed by atoms with Gasteiger partial charge in [-0.15, -0.1) is 0 Å². The zero-order chi connectivity index (χ0) is 16.2. The van der Waals surface area contributed by atoms with Crippen LogP contribution in [-0.2, 0) is 4.79 Å². The number of benzene rings is 1. The van der Waals surface area contributed by atoms with Crippen LogP contribution < -0.4 is 10.6 Å². The first-order valence-electron chi connectivity index (χ1n) is 7.13. The molecule has 0 aliphatic heterocycles. The molecule has 6 heteroatoms. The largest absolute Gasteiger partial charge is 0.459 e. The van der Waals surface area contributed by atoms with E-state index < -0.39 is 11.9 Å². The molecule has 2 aromatic heterocycles. The maximum Gasteiger partial charge on any atom is 0.287 e. The summed E-state index contributed by atoms with van der Waals surface area (Å²) in [5, 5.41) is 6.24. The lowest BCUT2D eigenvalue weighted by Gasteiger charge is -2.13. The third kappa shape index (κ3) is 3.37. The lowest BCUT2D eigenvalue weighted by atomic mass is 10.2. The van der Waals surface area contributed by atoms with Crippen LogP contribution in [0.1, 0.15) is 17.5 Å². The van der Waals surface area contributed by atoms with Crippen LogP contribution in [0, 0.1) is 0 Å². The van der Waals surface area contributed by atoms with Crippen LogP contribution in [0.4, 0.5) is 5.69 Å². The van der Waals surface area contributed by atoms with Crippen molar-refractivity contribution in [3.8, 4) is 0 Å². The van der Waals surface area contributed by atoms with Gasteiger partial charge < -0.3 is 15.1 Å². The van der Waals surface area contributed by atoms with Gasteiger partial charge in [-0.1, -0.05) is 18.2 Å². The normalized spacial score (nSPS) is 11.9. The first-order chi connectivity index (χ1) is 11.1. The summed E-state index contributed by atoms with van der Waals surface area (Å²) in [5.74, 6) is -0.603. The zero-order valence-corrected chi connectivity index (χ0v) is 12.4. The predicted octanol–water partition coefficient (Wildman–Crippen LogP) is 2.58. The van der Waals surface area contributed by atoms with Gasteiger partial charge in [0.15, 0.2) is 5.76 Å². The van der Waals surface area contributed by atoms with Crippen LogP contribution in [0.2, 0.25) is 0 Å². The van der Waals surface area contributed by atoms with Gasteiger partial charge in [-0.3, -0.25) is 14.6 Å². The summed E-state index contributed by atoms with van der Waals surface area (Å²) in [6.45, 7) is 1.60. The Balaban J connectivity index is 1.66. The monoisotopic (exact) mass is 309 g/mol. The number of aromatic nitrogens is 1. The molecule has 0 spiro atoms. The van der Waals surface area contributed by atoms with E-state index in [1.807, 2.05) is 30.3 Å². The molecule has 2 heterocycles. The topological polar surface area (TPSA) is 84.2 Å². The van der Waals surface area contributed by atoms with Crippen molar-refractivity contribution < 1.29 is 14.0 Å². The second-order valence-corrected chi connectivity index (χ2v) is 5.08. The van der Waals surface area contributed by atoms with Crippen molar-refractivity contribution in [3.63, 3.8) is 0 Å². The quantitative estimate of drug-likeness (QED) is 0.776. The number of hydrogen-bond acceptors (Lipinski definition) is 4.